The Morgan fingerprint density at radius 3 is 2.79 bits per heavy atom. The van der Waals surface area contributed by atoms with Crippen molar-refractivity contribution in [1.82, 2.24) is 15.5 Å². The molecule has 0 aromatic heterocycles. The Balaban J connectivity index is 1.75. The van der Waals surface area contributed by atoms with Gasteiger partial charge in [-0.1, -0.05) is 37.9 Å². The Kier molecular flexibility index (Phi) is 10.9. The number of nitrogens with zero attached hydrogens (tertiary/aromatic N) is 2. The van der Waals surface area contributed by atoms with Gasteiger partial charge in [-0.05, 0) is 44.1 Å². The fourth-order valence-electron chi connectivity index (χ4n) is 5.65. The van der Waals surface area contributed by atoms with Crippen LogP contribution in [0.5, 0.6) is 0 Å². The molecule has 0 radical (unpaired) electrons. The molecule has 3 heterocycles. The van der Waals surface area contributed by atoms with E-state index in [0.29, 0.717) is 24.6 Å². The first-order valence-electron chi connectivity index (χ1n) is 13.0. The largest absolute Gasteiger partial charge is 0.616 e. The van der Waals surface area contributed by atoms with E-state index in [1.54, 1.807) is 0 Å². The number of hydrogen-bond donors (Lipinski definition) is 4. The van der Waals surface area contributed by atoms with Crippen LogP contribution in [0.15, 0.2) is 4.99 Å². The minimum Gasteiger partial charge on any atom is -0.616 e. The number of hydrogen-bond acceptors (Lipinski definition) is 7. The smallest absolute Gasteiger partial charge is 0.232 e. The molecule has 5 unspecified atom stereocenters. The summed E-state index contributed by atoms with van der Waals surface area (Å²) in [6, 6.07) is 0.175. The molecule has 3 aliphatic heterocycles. The highest BCUT2D eigenvalue weighted by Crippen LogP contribution is 2.38. The number of rotatable bonds is 8. The lowest BCUT2D eigenvalue weighted by molar-refractivity contribution is -0.125. The first-order valence-corrected chi connectivity index (χ1v) is 14.9. The molecule has 196 valence electrons. The summed E-state index contributed by atoms with van der Waals surface area (Å²) >= 11 is 5.82. The molecule has 1 amide bonds. The summed E-state index contributed by atoms with van der Waals surface area (Å²) in [6.45, 7) is 8.21. The van der Waals surface area contributed by atoms with Crippen LogP contribution >= 0.6 is 11.6 Å². The van der Waals surface area contributed by atoms with E-state index in [9.17, 15) is 9.35 Å². The van der Waals surface area contributed by atoms with Gasteiger partial charge in [-0.3, -0.25) is 14.7 Å². The molecule has 0 aromatic rings. The van der Waals surface area contributed by atoms with Crippen LogP contribution in [-0.4, -0.2) is 88.9 Å². The quantitative estimate of drug-likeness (QED) is 0.217. The second-order valence-electron chi connectivity index (χ2n) is 10.7. The lowest BCUT2D eigenvalue weighted by atomic mass is 9.73. The lowest BCUT2D eigenvalue weighted by Crippen LogP contribution is -2.64. The van der Waals surface area contributed by atoms with Gasteiger partial charge in [-0.15, -0.1) is 11.6 Å². The number of halogens is 1. The fourth-order valence-corrected chi connectivity index (χ4v) is 6.91. The first kappa shape index (κ1) is 28.2. The van der Waals surface area contributed by atoms with Crippen LogP contribution in [0.2, 0.25) is 0 Å². The van der Waals surface area contributed by atoms with Crippen molar-refractivity contribution in [1.29, 1.82) is 0 Å². The number of carbonyl (C=O) groups excluding carboxylic acids is 1. The molecule has 34 heavy (non-hydrogen) atoms. The van der Waals surface area contributed by atoms with Crippen LogP contribution in [0.1, 0.15) is 58.8 Å². The van der Waals surface area contributed by atoms with Crippen molar-refractivity contribution in [2.24, 2.45) is 27.8 Å². The highest BCUT2D eigenvalue weighted by atomic mass is 35.5. The third kappa shape index (κ3) is 7.79. The number of unbranched alkanes of at least 4 members (excludes halogenated alkanes) is 1. The molecule has 10 heteroatoms. The van der Waals surface area contributed by atoms with Gasteiger partial charge in [0.25, 0.3) is 0 Å². The molecule has 0 saturated carbocycles. The van der Waals surface area contributed by atoms with Gasteiger partial charge in [0.2, 0.25) is 5.91 Å². The van der Waals surface area contributed by atoms with E-state index in [1.165, 1.54) is 0 Å². The molecule has 8 nitrogen and oxygen atoms in total. The zero-order valence-corrected chi connectivity index (χ0v) is 22.5. The van der Waals surface area contributed by atoms with E-state index in [1.807, 2.05) is 0 Å². The number of alkyl halides is 1. The van der Waals surface area contributed by atoms with E-state index in [0.717, 1.165) is 70.3 Å². The SMILES string of the molecule is CCCCC1(C)CCC(Cl)C/N=C(/C(C(=O)NC2CNCCC2N2CC[S+]([O-])CC2)C(N)N)C1. The fraction of sp³-hybridized carbons (Fsp3) is 0.917. The maximum Gasteiger partial charge on any atom is 0.232 e. The highest BCUT2D eigenvalue weighted by molar-refractivity contribution is 7.91. The van der Waals surface area contributed by atoms with E-state index in [4.69, 9.17) is 28.1 Å². The summed E-state index contributed by atoms with van der Waals surface area (Å²) < 4.78 is 11.8. The molecular weight excluding hydrogens is 472 g/mol. The summed E-state index contributed by atoms with van der Waals surface area (Å²) in [5.41, 5.74) is 13.3. The molecule has 0 spiro atoms. The molecule has 2 fully saturated rings. The van der Waals surface area contributed by atoms with Crippen molar-refractivity contribution < 1.29 is 9.35 Å². The van der Waals surface area contributed by atoms with E-state index in [-0.39, 0.29) is 28.8 Å². The third-order valence-corrected chi connectivity index (χ3v) is 9.41. The molecule has 3 rings (SSSR count). The van der Waals surface area contributed by atoms with Gasteiger partial charge in [-0.25, -0.2) is 0 Å². The second kappa shape index (κ2) is 13.2. The van der Waals surface area contributed by atoms with E-state index < -0.39 is 23.3 Å². The molecule has 0 aromatic carbocycles. The van der Waals surface area contributed by atoms with Crippen molar-refractivity contribution in [3.05, 3.63) is 0 Å². The van der Waals surface area contributed by atoms with E-state index in [2.05, 4.69) is 29.4 Å². The van der Waals surface area contributed by atoms with Gasteiger partial charge in [-0.2, -0.15) is 0 Å². The second-order valence-corrected chi connectivity index (χ2v) is 13.0. The van der Waals surface area contributed by atoms with Gasteiger partial charge in [0.1, 0.15) is 17.4 Å². The molecule has 6 N–H and O–H groups in total. The molecule has 0 aliphatic carbocycles. The normalized spacial score (nSPS) is 34.7. The highest BCUT2D eigenvalue weighted by Gasteiger charge is 2.39. The number of piperidine rings is 1. The lowest BCUT2D eigenvalue weighted by Gasteiger charge is -2.42. The van der Waals surface area contributed by atoms with Crippen LogP contribution in [0.3, 0.4) is 0 Å². The van der Waals surface area contributed by atoms with Crippen molar-refractivity contribution in [2.45, 2.75) is 82.4 Å². The molecular formula is C24H45ClN6O2S. The summed E-state index contributed by atoms with van der Waals surface area (Å²) in [5.74, 6) is 0.596. The molecule has 5 atom stereocenters. The molecule has 2 saturated heterocycles. The van der Waals surface area contributed by atoms with Crippen molar-refractivity contribution in [3.63, 3.8) is 0 Å². The number of amides is 1. The zero-order valence-electron chi connectivity index (χ0n) is 20.9. The summed E-state index contributed by atoms with van der Waals surface area (Å²) in [5, 5.41) is 6.66. The average molecular weight is 517 g/mol. The summed E-state index contributed by atoms with van der Waals surface area (Å²) in [4.78, 5) is 20.9. The van der Waals surface area contributed by atoms with Crippen LogP contribution < -0.4 is 22.1 Å². The average Bonchev–Trinajstić information content (AvgIpc) is 2.80. The summed E-state index contributed by atoms with van der Waals surface area (Å²) in [6.07, 6.45) is 6.13. The van der Waals surface area contributed by atoms with Crippen molar-refractivity contribution in [3.8, 4) is 0 Å². The van der Waals surface area contributed by atoms with Gasteiger partial charge in [0.05, 0.1) is 24.1 Å². The van der Waals surface area contributed by atoms with Gasteiger partial charge in [0, 0.05) is 31.4 Å². The topological polar surface area (TPSA) is 132 Å². The van der Waals surface area contributed by atoms with Gasteiger partial charge >= 0.3 is 0 Å². The van der Waals surface area contributed by atoms with Gasteiger partial charge < -0.3 is 26.7 Å². The van der Waals surface area contributed by atoms with Crippen molar-refractivity contribution >= 4 is 34.4 Å². The Hall–Kier alpha value is -0.420. The zero-order chi connectivity index (χ0) is 24.7. The number of nitrogens with two attached hydrogens (primary N) is 2. The first-order chi connectivity index (χ1) is 16.2. The number of nitrogens with one attached hydrogen (secondary N) is 2. The third-order valence-electron chi connectivity index (χ3n) is 7.78. The minimum atomic E-state index is -0.824. The molecule has 0 bridgehead atoms. The van der Waals surface area contributed by atoms with Crippen molar-refractivity contribution in [2.75, 3.05) is 44.2 Å². The maximum atomic E-state index is 13.7. The monoisotopic (exact) mass is 516 g/mol. The Labute approximate surface area is 213 Å². The van der Waals surface area contributed by atoms with Crippen LogP contribution in [0.4, 0.5) is 0 Å². The molecule has 3 aliphatic rings. The Morgan fingerprint density at radius 2 is 2.12 bits per heavy atom. The standard InChI is InChI=1S/C24H45ClN6O2S/c1-3-4-7-24(2)8-5-17(25)15-29-18(14-24)21(22(26)27)23(32)30-19-16-28-9-6-20(19)31-10-12-34(33)13-11-31/h17,19-22,28H,3-16,26-27H2,1-2H3,(H,30,32)/b29-18+. The maximum absolute atomic E-state index is 13.7. The Morgan fingerprint density at radius 1 is 1.38 bits per heavy atom. The van der Waals surface area contributed by atoms with E-state index >= 15 is 0 Å². The van der Waals surface area contributed by atoms with Gasteiger partial charge in [0.15, 0.2) is 0 Å². The van der Waals surface area contributed by atoms with Crippen LogP contribution in [0, 0.1) is 11.3 Å². The Bertz CT molecular complexity index is 690. The predicted molar refractivity (Wildman–Crippen MR) is 142 cm³/mol. The number of carbonyl (C=O) groups is 1. The minimum absolute atomic E-state index is 0.0359. The predicted octanol–water partition coefficient (Wildman–Crippen LogP) is 1.19. The van der Waals surface area contributed by atoms with Crippen LogP contribution in [0.25, 0.3) is 0 Å². The summed E-state index contributed by atoms with van der Waals surface area (Å²) in [7, 11) is 0. The van der Waals surface area contributed by atoms with Crippen LogP contribution in [-0.2, 0) is 16.0 Å². The number of aliphatic imine (C=N–C) groups is 1.